The number of thiocarbonyl (C=S) groups is 1. The van der Waals surface area contributed by atoms with E-state index in [1.54, 1.807) is 4.90 Å². The summed E-state index contributed by atoms with van der Waals surface area (Å²) in [6.45, 7) is 5.43. The number of aryl methyl sites for hydroxylation is 1. The van der Waals surface area contributed by atoms with Crippen molar-refractivity contribution in [2.24, 2.45) is 0 Å². The fraction of sp³-hybridized carbons (Fsp3) is 0.519. The van der Waals surface area contributed by atoms with Crippen molar-refractivity contribution in [2.75, 3.05) is 26.2 Å². The van der Waals surface area contributed by atoms with Crippen LogP contribution in [0.1, 0.15) is 56.6 Å². The van der Waals surface area contributed by atoms with Crippen LogP contribution in [0.2, 0.25) is 0 Å². The molecule has 3 fully saturated rings. The molecular weight excluding hydrogens is 478 g/mol. The molecule has 2 amide bonds. The number of thioether (sulfide) groups is 1. The molecule has 2 aromatic rings. The van der Waals surface area contributed by atoms with Crippen LogP contribution in [0.4, 0.5) is 0 Å². The number of carbonyl (C=O) groups is 2. The average Bonchev–Trinajstić information content (AvgIpc) is 3.48. The van der Waals surface area contributed by atoms with Crippen LogP contribution in [0, 0.1) is 0 Å². The van der Waals surface area contributed by atoms with E-state index >= 15 is 0 Å². The molecule has 3 aliphatic rings. The lowest BCUT2D eigenvalue weighted by atomic mass is 10.1. The number of likely N-dealkylation sites (tertiary alicyclic amines) is 1. The SMILES string of the molecule is CCc1cccc2c(/C=C3\SC(=S)N(C[C@@H]4CCCO4)C3=O)cn(CC(=O)N3CCCCCC3)c12. The number of carbonyl (C=O) groups excluding carboxylic acids is 2. The highest BCUT2D eigenvalue weighted by Gasteiger charge is 2.35. The molecule has 0 unspecified atom stereocenters. The van der Waals surface area contributed by atoms with Crippen LogP contribution < -0.4 is 0 Å². The second kappa shape index (κ2) is 10.8. The third kappa shape index (κ3) is 5.20. The highest BCUT2D eigenvalue weighted by Crippen LogP contribution is 2.36. The van der Waals surface area contributed by atoms with Crippen molar-refractivity contribution >= 4 is 57.1 Å². The van der Waals surface area contributed by atoms with Crippen molar-refractivity contribution in [1.29, 1.82) is 0 Å². The Bertz CT molecular complexity index is 1160. The maximum absolute atomic E-state index is 13.2. The standard InChI is InChI=1S/C27H33N3O3S2/c1-2-19-9-7-11-22-20(15-23-26(32)30(27(34)35-23)17-21-10-8-14-33-21)16-29(25(19)22)18-24(31)28-12-5-3-4-6-13-28/h7,9,11,15-16,21H,2-6,8,10,12-14,17-18H2,1H3/b23-15-/t21-/m0/s1. The van der Waals surface area contributed by atoms with Crippen molar-refractivity contribution in [2.45, 2.75) is 64.5 Å². The summed E-state index contributed by atoms with van der Waals surface area (Å²) in [7, 11) is 0. The van der Waals surface area contributed by atoms with Gasteiger partial charge in [0.1, 0.15) is 10.9 Å². The Morgan fingerprint density at radius 3 is 2.71 bits per heavy atom. The van der Waals surface area contributed by atoms with E-state index in [0.29, 0.717) is 22.3 Å². The summed E-state index contributed by atoms with van der Waals surface area (Å²) in [4.78, 5) is 30.8. The van der Waals surface area contributed by atoms with Gasteiger partial charge < -0.3 is 14.2 Å². The number of hydrogen-bond donors (Lipinski definition) is 0. The summed E-state index contributed by atoms with van der Waals surface area (Å²) in [5, 5.41) is 1.07. The molecule has 0 spiro atoms. The molecule has 1 aromatic carbocycles. The summed E-state index contributed by atoms with van der Waals surface area (Å²) in [5.74, 6) is 0.118. The summed E-state index contributed by atoms with van der Waals surface area (Å²) in [5.41, 5.74) is 3.24. The zero-order valence-corrected chi connectivity index (χ0v) is 22.0. The Hall–Kier alpha value is -2.16. The van der Waals surface area contributed by atoms with Crippen LogP contribution in [0.5, 0.6) is 0 Å². The quantitative estimate of drug-likeness (QED) is 0.404. The molecule has 8 heteroatoms. The molecule has 186 valence electrons. The van der Waals surface area contributed by atoms with E-state index < -0.39 is 0 Å². The molecular formula is C27H33N3O3S2. The number of hydrogen-bond acceptors (Lipinski definition) is 5. The molecule has 3 saturated heterocycles. The number of aromatic nitrogens is 1. The highest BCUT2D eigenvalue weighted by molar-refractivity contribution is 8.26. The van der Waals surface area contributed by atoms with Crippen molar-refractivity contribution < 1.29 is 14.3 Å². The first-order valence-electron chi connectivity index (χ1n) is 12.8. The molecule has 4 heterocycles. The molecule has 35 heavy (non-hydrogen) atoms. The Labute approximate surface area is 216 Å². The van der Waals surface area contributed by atoms with E-state index in [4.69, 9.17) is 17.0 Å². The number of benzene rings is 1. The summed E-state index contributed by atoms with van der Waals surface area (Å²) >= 11 is 6.90. The summed E-state index contributed by atoms with van der Waals surface area (Å²) in [6, 6.07) is 6.27. The van der Waals surface area contributed by atoms with Gasteiger partial charge in [0, 0.05) is 36.8 Å². The molecule has 0 aliphatic carbocycles. The van der Waals surface area contributed by atoms with Crippen molar-refractivity contribution in [3.63, 3.8) is 0 Å². The van der Waals surface area contributed by atoms with E-state index in [1.165, 1.54) is 30.2 Å². The topological polar surface area (TPSA) is 54.8 Å². The highest BCUT2D eigenvalue weighted by atomic mass is 32.2. The molecule has 0 radical (unpaired) electrons. The van der Waals surface area contributed by atoms with Crippen LogP contribution in [-0.2, 0) is 27.3 Å². The Morgan fingerprint density at radius 2 is 2.00 bits per heavy atom. The molecule has 0 saturated carbocycles. The van der Waals surface area contributed by atoms with Crippen LogP contribution in [0.25, 0.3) is 17.0 Å². The molecule has 5 rings (SSSR count). The molecule has 1 atom stereocenters. The predicted octanol–water partition coefficient (Wildman–Crippen LogP) is 4.99. The third-order valence-electron chi connectivity index (χ3n) is 7.23. The predicted molar refractivity (Wildman–Crippen MR) is 145 cm³/mol. The lowest BCUT2D eigenvalue weighted by Gasteiger charge is -2.21. The van der Waals surface area contributed by atoms with E-state index in [9.17, 15) is 9.59 Å². The maximum Gasteiger partial charge on any atom is 0.266 e. The van der Waals surface area contributed by atoms with E-state index in [-0.39, 0.29) is 17.9 Å². The minimum atomic E-state index is -0.0521. The van der Waals surface area contributed by atoms with Crippen LogP contribution in [0.3, 0.4) is 0 Å². The van der Waals surface area contributed by atoms with Gasteiger partial charge in [-0.05, 0) is 43.7 Å². The van der Waals surface area contributed by atoms with Gasteiger partial charge in [0.25, 0.3) is 5.91 Å². The van der Waals surface area contributed by atoms with Gasteiger partial charge in [-0.2, -0.15) is 0 Å². The first-order chi connectivity index (χ1) is 17.0. The lowest BCUT2D eigenvalue weighted by Crippen LogP contribution is -2.35. The summed E-state index contributed by atoms with van der Waals surface area (Å²) < 4.78 is 8.40. The normalized spacial score (nSPS) is 22.5. The number of fused-ring (bicyclic) bond motifs is 1. The van der Waals surface area contributed by atoms with Crippen LogP contribution in [0.15, 0.2) is 29.3 Å². The zero-order chi connectivity index (χ0) is 24.4. The van der Waals surface area contributed by atoms with E-state index in [1.807, 2.05) is 17.2 Å². The third-order valence-corrected chi connectivity index (χ3v) is 8.61. The van der Waals surface area contributed by atoms with Crippen molar-refractivity contribution in [3.05, 3.63) is 40.4 Å². The van der Waals surface area contributed by atoms with Crippen LogP contribution in [-0.4, -0.2) is 62.8 Å². The monoisotopic (exact) mass is 511 g/mol. The number of amides is 2. The van der Waals surface area contributed by atoms with Gasteiger partial charge in [-0.3, -0.25) is 14.5 Å². The largest absolute Gasteiger partial charge is 0.376 e. The molecule has 1 aromatic heterocycles. The minimum absolute atomic E-state index is 0.0521. The molecule has 3 aliphatic heterocycles. The molecule has 0 bridgehead atoms. The molecule has 6 nitrogen and oxygen atoms in total. The smallest absolute Gasteiger partial charge is 0.266 e. The number of para-hydroxylation sites is 1. The van der Waals surface area contributed by atoms with E-state index in [0.717, 1.165) is 68.3 Å². The molecule has 0 N–H and O–H groups in total. The fourth-order valence-electron chi connectivity index (χ4n) is 5.35. The average molecular weight is 512 g/mol. The number of nitrogens with zero attached hydrogens (tertiary/aromatic N) is 3. The zero-order valence-electron chi connectivity index (χ0n) is 20.3. The van der Waals surface area contributed by atoms with Gasteiger partial charge in [-0.25, -0.2) is 0 Å². The lowest BCUT2D eigenvalue weighted by molar-refractivity contribution is -0.131. The van der Waals surface area contributed by atoms with Gasteiger partial charge in [-0.15, -0.1) is 0 Å². The van der Waals surface area contributed by atoms with Gasteiger partial charge >= 0.3 is 0 Å². The Balaban J connectivity index is 1.44. The number of rotatable bonds is 6. The number of ether oxygens (including phenoxy) is 1. The first kappa shape index (κ1) is 24.5. The fourth-order valence-corrected chi connectivity index (χ4v) is 6.61. The minimum Gasteiger partial charge on any atom is -0.376 e. The van der Waals surface area contributed by atoms with Gasteiger partial charge in [0.15, 0.2) is 0 Å². The van der Waals surface area contributed by atoms with Crippen LogP contribution >= 0.6 is 24.0 Å². The Kier molecular flexibility index (Phi) is 7.60. The second-order valence-corrected chi connectivity index (χ2v) is 11.3. The van der Waals surface area contributed by atoms with Crippen molar-refractivity contribution in [1.82, 2.24) is 14.4 Å². The van der Waals surface area contributed by atoms with Gasteiger partial charge in [0.2, 0.25) is 5.91 Å². The first-order valence-corrected chi connectivity index (χ1v) is 14.0. The Morgan fingerprint density at radius 1 is 1.20 bits per heavy atom. The second-order valence-electron chi connectivity index (χ2n) is 9.60. The van der Waals surface area contributed by atoms with Gasteiger partial charge in [-0.1, -0.05) is 61.9 Å². The van der Waals surface area contributed by atoms with Crippen molar-refractivity contribution in [3.8, 4) is 0 Å². The van der Waals surface area contributed by atoms with Gasteiger partial charge in [0.05, 0.1) is 23.1 Å². The summed E-state index contributed by atoms with van der Waals surface area (Å²) in [6.07, 6.45) is 11.5. The van der Waals surface area contributed by atoms with E-state index in [2.05, 4.69) is 29.7 Å². The maximum atomic E-state index is 13.2.